The highest BCUT2D eigenvalue weighted by Gasteiger charge is 2.40. The van der Waals surface area contributed by atoms with Crippen molar-refractivity contribution in [1.29, 1.82) is 0 Å². The van der Waals surface area contributed by atoms with Gasteiger partial charge in [0.15, 0.2) is 17.5 Å². The van der Waals surface area contributed by atoms with Crippen LogP contribution in [0.3, 0.4) is 0 Å². The number of carbonyl (C=O) groups excluding carboxylic acids is 1. The second-order valence-electron chi connectivity index (χ2n) is 6.67. The third-order valence-electron chi connectivity index (χ3n) is 4.35. The van der Waals surface area contributed by atoms with Crippen LogP contribution in [0.1, 0.15) is 23.1 Å². The Bertz CT molecular complexity index is 1230. The SMILES string of the molecule is Cc1cc(Nc2nc(C(NC(=O)C(F)(F)F)c3ccc(F)cc3)nn3cccc23)n[nH]1. The van der Waals surface area contributed by atoms with Crippen molar-refractivity contribution in [3.05, 3.63) is 71.6 Å². The van der Waals surface area contributed by atoms with E-state index in [1.165, 1.54) is 16.6 Å². The maximum atomic E-state index is 13.4. The smallest absolute Gasteiger partial charge is 0.334 e. The molecule has 0 saturated heterocycles. The molecule has 12 heteroatoms. The van der Waals surface area contributed by atoms with E-state index in [2.05, 4.69) is 25.6 Å². The average Bonchev–Trinajstić information content (AvgIpc) is 3.34. The molecule has 1 aromatic carbocycles. The summed E-state index contributed by atoms with van der Waals surface area (Å²) in [6.45, 7) is 1.80. The van der Waals surface area contributed by atoms with Crippen molar-refractivity contribution < 1.29 is 22.4 Å². The van der Waals surface area contributed by atoms with E-state index in [-0.39, 0.29) is 17.2 Å². The minimum atomic E-state index is -5.12. The molecule has 0 aliphatic carbocycles. The highest BCUT2D eigenvalue weighted by Crippen LogP contribution is 2.26. The number of alkyl halides is 3. The number of aromatic amines is 1. The van der Waals surface area contributed by atoms with Crippen LogP contribution in [0.25, 0.3) is 5.52 Å². The molecule has 0 aliphatic heterocycles. The predicted molar refractivity (Wildman–Crippen MR) is 102 cm³/mol. The lowest BCUT2D eigenvalue weighted by Gasteiger charge is -2.20. The summed E-state index contributed by atoms with van der Waals surface area (Å²) in [4.78, 5) is 16.0. The largest absolute Gasteiger partial charge is 0.471 e. The number of aromatic nitrogens is 5. The lowest BCUT2D eigenvalue weighted by Crippen LogP contribution is -2.40. The van der Waals surface area contributed by atoms with Crippen LogP contribution in [-0.4, -0.2) is 36.9 Å². The Morgan fingerprint density at radius 2 is 1.94 bits per heavy atom. The first kappa shape index (κ1) is 20.3. The number of H-pyrrole nitrogens is 1. The van der Waals surface area contributed by atoms with Gasteiger partial charge in [0, 0.05) is 18.0 Å². The second kappa shape index (κ2) is 7.70. The Labute approximate surface area is 172 Å². The van der Waals surface area contributed by atoms with Gasteiger partial charge in [-0.25, -0.2) is 13.9 Å². The molecule has 8 nitrogen and oxygen atoms in total. The summed E-state index contributed by atoms with van der Waals surface area (Å²) in [7, 11) is 0. The fourth-order valence-corrected chi connectivity index (χ4v) is 2.93. The molecule has 160 valence electrons. The average molecular weight is 433 g/mol. The molecule has 4 aromatic rings. The number of hydrogen-bond donors (Lipinski definition) is 3. The molecule has 0 spiro atoms. The zero-order valence-electron chi connectivity index (χ0n) is 15.9. The molecule has 0 fully saturated rings. The first-order chi connectivity index (χ1) is 14.7. The van der Waals surface area contributed by atoms with Crippen LogP contribution in [-0.2, 0) is 4.79 Å². The Kier molecular flexibility index (Phi) is 5.05. The molecular formula is C19H15F4N7O. The van der Waals surface area contributed by atoms with Gasteiger partial charge in [-0.15, -0.1) is 5.10 Å². The van der Waals surface area contributed by atoms with Crippen LogP contribution < -0.4 is 10.6 Å². The summed E-state index contributed by atoms with van der Waals surface area (Å²) >= 11 is 0. The fraction of sp³-hybridized carbons (Fsp3) is 0.158. The third kappa shape index (κ3) is 4.32. The summed E-state index contributed by atoms with van der Waals surface area (Å²) in [6.07, 6.45) is -3.54. The van der Waals surface area contributed by atoms with Gasteiger partial charge < -0.3 is 10.6 Å². The molecule has 1 amide bonds. The van der Waals surface area contributed by atoms with Crippen LogP contribution in [0, 0.1) is 12.7 Å². The van der Waals surface area contributed by atoms with Crippen LogP contribution in [0.2, 0.25) is 0 Å². The highest BCUT2D eigenvalue weighted by atomic mass is 19.4. The minimum absolute atomic E-state index is 0.136. The van der Waals surface area contributed by atoms with Crippen LogP contribution >= 0.6 is 0 Å². The normalized spacial score (nSPS) is 12.7. The van der Waals surface area contributed by atoms with E-state index >= 15 is 0 Å². The molecule has 31 heavy (non-hydrogen) atoms. The van der Waals surface area contributed by atoms with Gasteiger partial charge in [0.1, 0.15) is 17.4 Å². The van der Waals surface area contributed by atoms with E-state index in [0.29, 0.717) is 11.3 Å². The molecule has 4 rings (SSSR count). The lowest BCUT2D eigenvalue weighted by atomic mass is 10.1. The minimum Gasteiger partial charge on any atom is -0.334 e. The molecule has 3 N–H and O–H groups in total. The van der Waals surface area contributed by atoms with Gasteiger partial charge in [0.25, 0.3) is 0 Å². The van der Waals surface area contributed by atoms with Crippen LogP contribution in [0.15, 0.2) is 48.7 Å². The molecule has 0 bridgehead atoms. The first-order valence-corrected chi connectivity index (χ1v) is 8.98. The van der Waals surface area contributed by atoms with Crippen molar-refractivity contribution in [1.82, 2.24) is 30.1 Å². The number of hydrogen-bond acceptors (Lipinski definition) is 5. The van der Waals surface area contributed by atoms with Gasteiger partial charge >= 0.3 is 12.1 Å². The number of nitrogens with zero attached hydrogens (tertiary/aromatic N) is 4. The van der Waals surface area contributed by atoms with Crippen molar-refractivity contribution >= 4 is 23.1 Å². The highest BCUT2D eigenvalue weighted by molar-refractivity contribution is 5.82. The predicted octanol–water partition coefficient (Wildman–Crippen LogP) is 3.41. The van der Waals surface area contributed by atoms with Gasteiger partial charge in [0.05, 0.1) is 0 Å². The maximum Gasteiger partial charge on any atom is 0.471 e. The van der Waals surface area contributed by atoms with Gasteiger partial charge in [-0.1, -0.05) is 12.1 Å². The molecule has 3 heterocycles. The summed E-state index contributed by atoms with van der Waals surface area (Å²) in [5.74, 6) is -2.20. The van der Waals surface area contributed by atoms with E-state index in [0.717, 1.165) is 17.8 Å². The van der Waals surface area contributed by atoms with Crippen molar-refractivity contribution in [3.63, 3.8) is 0 Å². The van der Waals surface area contributed by atoms with Gasteiger partial charge in [-0.3, -0.25) is 9.89 Å². The number of nitrogens with one attached hydrogen (secondary N) is 3. The van der Waals surface area contributed by atoms with Crippen LogP contribution in [0.5, 0.6) is 0 Å². The van der Waals surface area contributed by atoms with Gasteiger partial charge in [-0.05, 0) is 36.8 Å². The zero-order chi connectivity index (χ0) is 22.2. The molecule has 1 atom stereocenters. The van der Waals surface area contributed by atoms with Crippen LogP contribution in [0.4, 0.5) is 29.2 Å². The lowest BCUT2D eigenvalue weighted by molar-refractivity contribution is -0.174. The number of halogens is 4. The Balaban J connectivity index is 1.80. The summed E-state index contributed by atoms with van der Waals surface area (Å²) in [5, 5.41) is 15.9. The Morgan fingerprint density at radius 1 is 1.19 bits per heavy atom. The van der Waals surface area contributed by atoms with E-state index in [1.54, 1.807) is 31.3 Å². The Morgan fingerprint density at radius 3 is 2.58 bits per heavy atom. The molecule has 3 aromatic heterocycles. The summed E-state index contributed by atoms with van der Waals surface area (Å²) in [6, 6.07) is 8.35. The number of benzene rings is 1. The summed E-state index contributed by atoms with van der Waals surface area (Å²) < 4.78 is 53.6. The van der Waals surface area contributed by atoms with Crippen molar-refractivity contribution in [2.75, 3.05) is 5.32 Å². The summed E-state index contributed by atoms with van der Waals surface area (Å²) in [5.41, 5.74) is 1.49. The maximum absolute atomic E-state index is 13.4. The monoisotopic (exact) mass is 433 g/mol. The van der Waals surface area contributed by atoms with E-state index in [9.17, 15) is 22.4 Å². The molecule has 0 saturated carbocycles. The van der Waals surface area contributed by atoms with Crippen molar-refractivity contribution in [2.45, 2.75) is 19.1 Å². The molecule has 0 radical (unpaired) electrons. The van der Waals surface area contributed by atoms with E-state index < -0.39 is 23.9 Å². The third-order valence-corrected chi connectivity index (χ3v) is 4.35. The number of fused-ring (bicyclic) bond motifs is 1. The quantitative estimate of drug-likeness (QED) is 0.419. The molecular weight excluding hydrogens is 418 g/mol. The van der Waals surface area contributed by atoms with Crippen molar-refractivity contribution in [3.8, 4) is 0 Å². The topological polar surface area (TPSA) is 100 Å². The number of carbonyl (C=O) groups is 1. The molecule has 0 aliphatic rings. The fourth-order valence-electron chi connectivity index (χ4n) is 2.93. The number of amides is 1. The van der Waals surface area contributed by atoms with Crippen molar-refractivity contribution in [2.24, 2.45) is 0 Å². The van der Waals surface area contributed by atoms with Gasteiger partial charge in [0.2, 0.25) is 0 Å². The second-order valence-corrected chi connectivity index (χ2v) is 6.67. The number of rotatable bonds is 5. The van der Waals surface area contributed by atoms with E-state index in [1.807, 2.05) is 5.32 Å². The number of aryl methyl sites for hydroxylation is 1. The first-order valence-electron chi connectivity index (χ1n) is 8.98. The molecule has 1 unspecified atom stereocenters. The Hall–Kier alpha value is -3.96. The number of anilines is 2. The standard InChI is InChI=1S/C19H15F4N7O/c1-10-9-14(28-27-10)24-16-13-3-2-8-30(13)29-17(26-16)15(25-18(31)19(21,22)23)11-4-6-12(20)7-5-11/h2-9,15H,1H3,(H,25,31)(H2,24,26,27,28,29). The zero-order valence-corrected chi connectivity index (χ0v) is 15.9. The van der Waals surface area contributed by atoms with E-state index in [4.69, 9.17) is 0 Å². The van der Waals surface area contributed by atoms with Gasteiger partial charge in [-0.2, -0.15) is 18.3 Å².